The molecule has 0 aliphatic carbocycles. The van der Waals surface area contributed by atoms with E-state index in [1.54, 1.807) is 22.6 Å². The van der Waals surface area contributed by atoms with Crippen LogP contribution in [0.3, 0.4) is 0 Å². The molecule has 18 heavy (non-hydrogen) atoms. The van der Waals surface area contributed by atoms with Crippen molar-refractivity contribution in [2.45, 2.75) is 0 Å². The molecule has 6 nitrogen and oxygen atoms in total. The number of nitro groups is 1. The van der Waals surface area contributed by atoms with Gasteiger partial charge in [0.05, 0.1) is 14.2 Å². The number of hydrogen-bond acceptors (Lipinski definition) is 5. The lowest BCUT2D eigenvalue weighted by Crippen LogP contribution is -2.15. The first kappa shape index (κ1) is 15.1. The van der Waals surface area contributed by atoms with Crippen molar-refractivity contribution in [2.75, 3.05) is 23.9 Å². The van der Waals surface area contributed by atoms with Crippen LogP contribution in [0.5, 0.6) is 0 Å². The van der Waals surface area contributed by atoms with Gasteiger partial charge < -0.3 is 5.32 Å². The van der Waals surface area contributed by atoms with Gasteiger partial charge in [-0.2, -0.15) is 0 Å². The summed E-state index contributed by atoms with van der Waals surface area (Å²) in [6.45, 7) is -0.0142. The van der Waals surface area contributed by atoms with Crippen LogP contribution in [0, 0.1) is 19.5 Å². The van der Waals surface area contributed by atoms with Gasteiger partial charge in [0.15, 0.2) is 0 Å². The van der Waals surface area contributed by atoms with Gasteiger partial charge in [0.1, 0.15) is 21.3 Å². The van der Waals surface area contributed by atoms with Gasteiger partial charge in [0.2, 0.25) is 0 Å². The quantitative estimate of drug-likeness (QED) is 0.472. The standard InChI is InChI=1S/C9H10FIN2O4S/c1-18(16,17)3-2-12-8-4-6(10)7(11)5-9(8)13(14)15/h4-5,12H,2-3H2,1H3. The molecule has 0 radical (unpaired) electrons. The molecule has 0 aromatic heterocycles. The molecule has 100 valence electrons. The summed E-state index contributed by atoms with van der Waals surface area (Å²) in [5.74, 6) is -0.777. The van der Waals surface area contributed by atoms with E-state index in [0.717, 1.165) is 18.4 Å². The van der Waals surface area contributed by atoms with E-state index in [1.165, 1.54) is 0 Å². The highest BCUT2D eigenvalue weighted by molar-refractivity contribution is 14.1. The summed E-state index contributed by atoms with van der Waals surface area (Å²) in [4.78, 5) is 10.1. The number of rotatable bonds is 5. The second-order valence-corrected chi connectivity index (χ2v) is 7.02. The van der Waals surface area contributed by atoms with Gasteiger partial charge in [-0.3, -0.25) is 10.1 Å². The van der Waals surface area contributed by atoms with Gasteiger partial charge in [-0.25, -0.2) is 12.8 Å². The molecule has 0 atom stereocenters. The molecule has 1 aromatic carbocycles. The van der Waals surface area contributed by atoms with Crippen molar-refractivity contribution in [1.82, 2.24) is 0 Å². The molecule has 0 heterocycles. The van der Waals surface area contributed by atoms with E-state index in [0.29, 0.717) is 0 Å². The minimum atomic E-state index is -3.17. The number of nitrogens with one attached hydrogen (secondary N) is 1. The average molecular weight is 388 g/mol. The van der Waals surface area contributed by atoms with Crippen LogP contribution in [0.15, 0.2) is 12.1 Å². The monoisotopic (exact) mass is 388 g/mol. The summed E-state index contributed by atoms with van der Waals surface area (Å²) < 4.78 is 35.3. The van der Waals surface area contributed by atoms with Crippen molar-refractivity contribution in [1.29, 1.82) is 0 Å². The van der Waals surface area contributed by atoms with Gasteiger partial charge in [0.25, 0.3) is 5.69 Å². The van der Waals surface area contributed by atoms with Crippen LogP contribution in [-0.2, 0) is 9.84 Å². The van der Waals surface area contributed by atoms with E-state index in [1.807, 2.05) is 0 Å². The fraction of sp³-hybridized carbons (Fsp3) is 0.333. The Hall–Kier alpha value is -0.970. The highest BCUT2D eigenvalue weighted by Gasteiger charge is 2.17. The molecule has 1 N–H and O–H groups in total. The Balaban J connectivity index is 2.94. The van der Waals surface area contributed by atoms with E-state index < -0.39 is 20.6 Å². The minimum Gasteiger partial charge on any atom is -0.378 e. The number of nitro benzene ring substituents is 1. The molecular formula is C9H10FIN2O4S. The smallest absolute Gasteiger partial charge is 0.293 e. The number of hydrogen-bond donors (Lipinski definition) is 1. The Morgan fingerprint density at radius 2 is 2.11 bits per heavy atom. The fourth-order valence-electron chi connectivity index (χ4n) is 1.20. The fourth-order valence-corrected chi connectivity index (χ4v) is 2.12. The van der Waals surface area contributed by atoms with Gasteiger partial charge >= 0.3 is 0 Å². The zero-order chi connectivity index (χ0) is 13.9. The topological polar surface area (TPSA) is 89.3 Å². The molecule has 0 aliphatic rings. The summed E-state index contributed by atoms with van der Waals surface area (Å²) in [7, 11) is -3.17. The van der Waals surface area contributed by atoms with Crippen molar-refractivity contribution in [3.8, 4) is 0 Å². The van der Waals surface area contributed by atoms with Crippen LogP contribution in [-0.4, -0.2) is 31.9 Å². The molecule has 0 fully saturated rings. The van der Waals surface area contributed by atoms with Gasteiger partial charge in [-0.15, -0.1) is 0 Å². The zero-order valence-corrected chi connectivity index (χ0v) is 12.3. The zero-order valence-electron chi connectivity index (χ0n) is 9.31. The summed E-state index contributed by atoms with van der Waals surface area (Å²) >= 11 is 1.65. The number of benzene rings is 1. The molecule has 0 amide bonds. The van der Waals surface area contributed by atoms with Gasteiger partial charge in [-0.1, -0.05) is 0 Å². The molecule has 0 aliphatic heterocycles. The van der Waals surface area contributed by atoms with Crippen LogP contribution in [0.1, 0.15) is 0 Å². The Morgan fingerprint density at radius 3 is 2.61 bits per heavy atom. The molecule has 1 rings (SSSR count). The molecule has 0 spiro atoms. The third kappa shape index (κ3) is 4.37. The Kier molecular flexibility index (Phi) is 4.85. The predicted molar refractivity (Wildman–Crippen MR) is 74.0 cm³/mol. The summed E-state index contributed by atoms with van der Waals surface area (Å²) in [5.41, 5.74) is -0.309. The summed E-state index contributed by atoms with van der Waals surface area (Å²) in [6.07, 6.45) is 1.05. The maximum Gasteiger partial charge on any atom is 0.293 e. The van der Waals surface area contributed by atoms with E-state index >= 15 is 0 Å². The Labute approximate surface area is 117 Å². The first-order valence-corrected chi connectivity index (χ1v) is 7.89. The number of halogens is 2. The van der Waals surface area contributed by atoms with E-state index in [2.05, 4.69) is 5.32 Å². The third-order valence-electron chi connectivity index (χ3n) is 2.02. The van der Waals surface area contributed by atoms with Crippen molar-refractivity contribution in [3.63, 3.8) is 0 Å². The SMILES string of the molecule is CS(=O)(=O)CCNc1cc(F)c(I)cc1[N+](=O)[O-]. The van der Waals surface area contributed by atoms with E-state index in [-0.39, 0.29) is 27.2 Å². The summed E-state index contributed by atoms with van der Waals surface area (Å²) in [6, 6.07) is 2.08. The number of nitrogens with zero attached hydrogens (tertiary/aromatic N) is 1. The first-order chi connectivity index (χ1) is 8.20. The molecule has 9 heteroatoms. The van der Waals surface area contributed by atoms with Crippen LogP contribution >= 0.6 is 22.6 Å². The van der Waals surface area contributed by atoms with Crippen LogP contribution in [0.2, 0.25) is 0 Å². The second-order valence-electron chi connectivity index (χ2n) is 3.60. The van der Waals surface area contributed by atoms with E-state index in [4.69, 9.17) is 0 Å². The van der Waals surface area contributed by atoms with Crippen molar-refractivity contribution in [2.24, 2.45) is 0 Å². The number of sulfone groups is 1. The van der Waals surface area contributed by atoms with E-state index in [9.17, 15) is 22.9 Å². The molecule has 0 bridgehead atoms. The Morgan fingerprint density at radius 1 is 1.50 bits per heavy atom. The molecule has 0 saturated heterocycles. The Bertz CT molecular complexity index is 576. The predicted octanol–water partition coefficient (Wildman–Crippen LogP) is 1.79. The first-order valence-electron chi connectivity index (χ1n) is 4.76. The third-order valence-corrected chi connectivity index (χ3v) is 3.80. The second kappa shape index (κ2) is 5.78. The van der Waals surface area contributed by atoms with Crippen LogP contribution in [0.25, 0.3) is 0 Å². The highest BCUT2D eigenvalue weighted by atomic mass is 127. The minimum absolute atomic E-state index is 0.0142. The highest BCUT2D eigenvalue weighted by Crippen LogP contribution is 2.28. The maximum atomic E-state index is 13.3. The van der Waals surface area contributed by atoms with Crippen LogP contribution < -0.4 is 5.32 Å². The average Bonchev–Trinajstić information content (AvgIpc) is 2.20. The molecule has 0 unspecified atom stereocenters. The lowest BCUT2D eigenvalue weighted by molar-refractivity contribution is -0.384. The summed E-state index contributed by atoms with van der Waals surface area (Å²) in [5, 5.41) is 13.3. The van der Waals surface area contributed by atoms with Gasteiger partial charge in [-0.05, 0) is 22.6 Å². The van der Waals surface area contributed by atoms with Crippen molar-refractivity contribution >= 4 is 43.8 Å². The van der Waals surface area contributed by atoms with Gasteiger partial charge in [0, 0.05) is 24.9 Å². The lowest BCUT2D eigenvalue weighted by atomic mass is 10.2. The number of anilines is 1. The molecule has 1 aromatic rings. The normalized spacial score (nSPS) is 11.3. The molecule has 0 saturated carbocycles. The maximum absolute atomic E-state index is 13.3. The largest absolute Gasteiger partial charge is 0.378 e. The van der Waals surface area contributed by atoms with Crippen LogP contribution in [0.4, 0.5) is 15.8 Å². The molecular weight excluding hydrogens is 378 g/mol. The van der Waals surface area contributed by atoms with Crippen molar-refractivity contribution < 1.29 is 17.7 Å². The van der Waals surface area contributed by atoms with Crippen molar-refractivity contribution in [3.05, 3.63) is 31.6 Å². The lowest BCUT2D eigenvalue weighted by Gasteiger charge is -2.07.